The van der Waals surface area contributed by atoms with Crippen molar-refractivity contribution in [3.8, 4) is 22.8 Å². The fraction of sp³-hybridized carbons (Fsp3) is 0.200. The number of rotatable bonds is 7. The van der Waals surface area contributed by atoms with Gasteiger partial charge in [0.15, 0.2) is 0 Å². The standard InChI is InChI=1S/C20H21N3O3/c1-3-26-16-9-7-14(8-10-16)12-21-20(24)18-13-22-23-19(18)15-5-4-6-17(11-15)25-2/h4-11,13H,3,12H2,1-2H3,(H,21,24)(H,22,23). The number of hydrogen-bond donors (Lipinski definition) is 2. The Morgan fingerprint density at radius 2 is 1.96 bits per heavy atom. The van der Waals surface area contributed by atoms with Crippen LogP contribution in [0.5, 0.6) is 11.5 Å². The summed E-state index contributed by atoms with van der Waals surface area (Å²) in [5.74, 6) is 1.35. The molecule has 0 aliphatic rings. The lowest BCUT2D eigenvalue weighted by molar-refractivity contribution is 0.0951. The van der Waals surface area contributed by atoms with Gasteiger partial charge in [0, 0.05) is 12.1 Å². The van der Waals surface area contributed by atoms with Gasteiger partial charge in [0.25, 0.3) is 5.91 Å². The summed E-state index contributed by atoms with van der Waals surface area (Å²) in [6.45, 7) is 3.00. The third-order valence-electron chi connectivity index (χ3n) is 3.93. The van der Waals surface area contributed by atoms with Crippen molar-refractivity contribution in [2.45, 2.75) is 13.5 Å². The van der Waals surface area contributed by atoms with Crippen molar-refractivity contribution in [2.75, 3.05) is 13.7 Å². The summed E-state index contributed by atoms with van der Waals surface area (Å²) < 4.78 is 10.7. The molecule has 1 amide bonds. The number of benzene rings is 2. The molecule has 6 nitrogen and oxygen atoms in total. The van der Waals surface area contributed by atoms with Crippen LogP contribution in [0.15, 0.2) is 54.7 Å². The van der Waals surface area contributed by atoms with E-state index in [1.165, 1.54) is 6.20 Å². The van der Waals surface area contributed by atoms with Crippen molar-refractivity contribution < 1.29 is 14.3 Å². The van der Waals surface area contributed by atoms with Gasteiger partial charge in [-0.25, -0.2) is 0 Å². The van der Waals surface area contributed by atoms with Crippen LogP contribution in [0.25, 0.3) is 11.3 Å². The summed E-state index contributed by atoms with van der Waals surface area (Å²) in [4.78, 5) is 12.6. The minimum Gasteiger partial charge on any atom is -0.497 e. The van der Waals surface area contributed by atoms with Crippen molar-refractivity contribution in [2.24, 2.45) is 0 Å². The number of amides is 1. The predicted molar refractivity (Wildman–Crippen MR) is 99.4 cm³/mol. The minimum absolute atomic E-state index is 0.189. The van der Waals surface area contributed by atoms with Gasteiger partial charge in [0.05, 0.1) is 31.2 Å². The molecule has 1 aromatic heterocycles. The van der Waals surface area contributed by atoms with Gasteiger partial charge >= 0.3 is 0 Å². The maximum atomic E-state index is 12.6. The Hall–Kier alpha value is -3.28. The molecular formula is C20H21N3O3. The number of nitrogens with one attached hydrogen (secondary N) is 2. The van der Waals surface area contributed by atoms with E-state index in [0.717, 1.165) is 22.6 Å². The predicted octanol–water partition coefficient (Wildman–Crippen LogP) is 3.41. The summed E-state index contributed by atoms with van der Waals surface area (Å²) in [6.07, 6.45) is 1.53. The van der Waals surface area contributed by atoms with Crippen LogP contribution in [0.2, 0.25) is 0 Å². The number of ether oxygens (including phenoxy) is 2. The van der Waals surface area contributed by atoms with E-state index >= 15 is 0 Å². The van der Waals surface area contributed by atoms with E-state index < -0.39 is 0 Å². The average molecular weight is 351 g/mol. The number of H-pyrrole nitrogens is 1. The molecule has 0 unspecified atom stereocenters. The first-order valence-electron chi connectivity index (χ1n) is 8.39. The molecule has 0 radical (unpaired) electrons. The van der Waals surface area contributed by atoms with Gasteiger partial charge in [0.2, 0.25) is 0 Å². The Morgan fingerprint density at radius 1 is 1.15 bits per heavy atom. The third-order valence-corrected chi connectivity index (χ3v) is 3.93. The van der Waals surface area contributed by atoms with Gasteiger partial charge in [-0.2, -0.15) is 5.10 Å². The van der Waals surface area contributed by atoms with E-state index in [1.807, 2.05) is 55.5 Å². The first-order chi connectivity index (χ1) is 12.7. The zero-order valence-corrected chi connectivity index (χ0v) is 14.8. The van der Waals surface area contributed by atoms with Gasteiger partial charge < -0.3 is 14.8 Å². The number of methoxy groups -OCH3 is 1. The van der Waals surface area contributed by atoms with Crippen LogP contribution in [0.1, 0.15) is 22.8 Å². The van der Waals surface area contributed by atoms with Crippen molar-refractivity contribution in [3.63, 3.8) is 0 Å². The molecule has 3 rings (SSSR count). The Morgan fingerprint density at radius 3 is 2.69 bits per heavy atom. The monoisotopic (exact) mass is 351 g/mol. The third kappa shape index (κ3) is 4.03. The molecule has 0 saturated carbocycles. The Balaban J connectivity index is 1.70. The molecule has 26 heavy (non-hydrogen) atoms. The molecule has 2 aromatic carbocycles. The van der Waals surface area contributed by atoms with Crippen molar-refractivity contribution >= 4 is 5.91 Å². The van der Waals surface area contributed by atoms with Gasteiger partial charge in [-0.15, -0.1) is 0 Å². The molecule has 0 aliphatic heterocycles. The highest BCUT2D eigenvalue weighted by Crippen LogP contribution is 2.25. The summed E-state index contributed by atoms with van der Waals surface area (Å²) >= 11 is 0. The summed E-state index contributed by atoms with van der Waals surface area (Å²) in [6, 6.07) is 15.1. The highest BCUT2D eigenvalue weighted by atomic mass is 16.5. The van der Waals surface area contributed by atoms with Crippen LogP contribution in [0.4, 0.5) is 0 Å². The summed E-state index contributed by atoms with van der Waals surface area (Å²) in [7, 11) is 1.61. The highest BCUT2D eigenvalue weighted by Gasteiger charge is 2.15. The molecular weight excluding hydrogens is 330 g/mol. The zero-order valence-electron chi connectivity index (χ0n) is 14.8. The summed E-state index contributed by atoms with van der Waals surface area (Å²) in [5.41, 5.74) is 2.98. The molecule has 3 aromatic rings. The Bertz CT molecular complexity index is 872. The van der Waals surface area contributed by atoms with Crippen LogP contribution in [-0.4, -0.2) is 29.8 Å². The number of aromatic amines is 1. The molecule has 2 N–H and O–H groups in total. The zero-order chi connectivity index (χ0) is 18.4. The molecule has 6 heteroatoms. The Kier molecular flexibility index (Phi) is 5.53. The van der Waals surface area contributed by atoms with Crippen LogP contribution in [0.3, 0.4) is 0 Å². The lowest BCUT2D eigenvalue weighted by Gasteiger charge is -2.08. The SMILES string of the molecule is CCOc1ccc(CNC(=O)c2cn[nH]c2-c2cccc(OC)c2)cc1. The smallest absolute Gasteiger partial charge is 0.255 e. The molecule has 1 heterocycles. The van der Waals surface area contributed by atoms with Crippen molar-refractivity contribution in [1.82, 2.24) is 15.5 Å². The maximum Gasteiger partial charge on any atom is 0.255 e. The molecule has 0 saturated heterocycles. The van der Waals surface area contributed by atoms with E-state index in [-0.39, 0.29) is 5.91 Å². The minimum atomic E-state index is -0.189. The van der Waals surface area contributed by atoms with Gasteiger partial charge in [-0.1, -0.05) is 24.3 Å². The van der Waals surface area contributed by atoms with Crippen LogP contribution >= 0.6 is 0 Å². The average Bonchev–Trinajstić information content (AvgIpc) is 3.17. The lowest BCUT2D eigenvalue weighted by atomic mass is 10.1. The van der Waals surface area contributed by atoms with Gasteiger partial charge in [0.1, 0.15) is 11.5 Å². The Labute approximate surface area is 152 Å². The highest BCUT2D eigenvalue weighted by molar-refractivity contribution is 5.99. The number of carbonyl (C=O) groups is 1. The molecule has 0 bridgehead atoms. The van der Waals surface area contributed by atoms with Gasteiger partial charge in [-0.05, 0) is 36.8 Å². The first-order valence-corrected chi connectivity index (χ1v) is 8.39. The maximum absolute atomic E-state index is 12.6. The summed E-state index contributed by atoms with van der Waals surface area (Å²) in [5, 5.41) is 9.83. The fourth-order valence-corrected chi connectivity index (χ4v) is 2.60. The lowest BCUT2D eigenvalue weighted by Crippen LogP contribution is -2.22. The van der Waals surface area contributed by atoms with E-state index in [4.69, 9.17) is 9.47 Å². The molecule has 134 valence electrons. The van der Waals surface area contributed by atoms with Crippen LogP contribution < -0.4 is 14.8 Å². The van der Waals surface area contributed by atoms with Crippen LogP contribution in [-0.2, 0) is 6.54 Å². The largest absolute Gasteiger partial charge is 0.497 e. The second kappa shape index (κ2) is 8.20. The topological polar surface area (TPSA) is 76.2 Å². The number of hydrogen-bond acceptors (Lipinski definition) is 4. The van der Waals surface area contributed by atoms with Crippen molar-refractivity contribution in [3.05, 3.63) is 65.9 Å². The quantitative estimate of drug-likeness (QED) is 0.684. The number of nitrogens with zero attached hydrogens (tertiary/aromatic N) is 1. The number of carbonyl (C=O) groups excluding carboxylic acids is 1. The number of aromatic nitrogens is 2. The molecule has 0 fully saturated rings. The van der Waals surface area contributed by atoms with E-state index in [1.54, 1.807) is 7.11 Å². The van der Waals surface area contributed by atoms with E-state index in [0.29, 0.717) is 24.4 Å². The van der Waals surface area contributed by atoms with Crippen molar-refractivity contribution in [1.29, 1.82) is 0 Å². The molecule has 0 atom stereocenters. The normalized spacial score (nSPS) is 10.4. The molecule has 0 spiro atoms. The fourth-order valence-electron chi connectivity index (χ4n) is 2.60. The van der Waals surface area contributed by atoms with E-state index in [9.17, 15) is 4.79 Å². The molecule has 0 aliphatic carbocycles. The first kappa shape index (κ1) is 17.5. The second-order valence-electron chi connectivity index (χ2n) is 5.65. The van der Waals surface area contributed by atoms with E-state index in [2.05, 4.69) is 15.5 Å². The second-order valence-corrected chi connectivity index (χ2v) is 5.65. The van der Waals surface area contributed by atoms with Gasteiger partial charge in [-0.3, -0.25) is 9.89 Å². The van der Waals surface area contributed by atoms with Crippen LogP contribution in [0, 0.1) is 0 Å².